The molecule has 0 spiro atoms. The minimum absolute atomic E-state index is 0.278. The standard InChI is InChI=1S/C16H17NOS2/c1-12(11-13-5-2-8-18-13)17-16(14-6-3-9-19-14)15-7-4-10-20-15/h2-10,12,16-17H,11H2,1H3. The molecule has 0 aromatic carbocycles. The third-order valence-electron chi connectivity index (χ3n) is 3.19. The molecule has 3 aromatic heterocycles. The van der Waals surface area contributed by atoms with Gasteiger partial charge in [0.1, 0.15) is 5.76 Å². The highest BCUT2D eigenvalue weighted by atomic mass is 32.1. The summed E-state index contributed by atoms with van der Waals surface area (Å²) in [7, 11) is 0. The molecule has 0 aliphatic rings. The van der Waals surface area contributed by atoms with Crippen molar-refractivity contribution in [1.29, 1.82) is 0 Å². The molecule has 1 N–H and O–H groups in total. The van der Waals surface area contributed by atoms with Crippen LogP contribution in [0.25, 0.3) is 0 Å². The Morgan fingerprint density at radius 2 is 1.75 bits per heavy atom. The Bertz CT molecular complexity index is 565. The molecule has 0 aliphatic heterocycles. The van der Waals surface area contributed by atoms with E-state index in [2.05, 4.69) is 47.3 Å². The van der Waals surface area contributed by atoms with Crippen molar-refractivity contribution in [3.63, 3.8) is 0 Å². The van der Waals surface area contributed by atoms with Crippen molar-refractivity contribution in [1.82, 2.24) is 5.32 Å². The van der Waals surface area contributed by atoms with E-state index in [0.29, 0.717) is 6.04 Å². The van der Waals surface area contributed by atoms with E-state index in [1.807, 2.05) is 12.1 Å². The van der Waals surface area contributed by atoms with Gasteiger partial charge in [0.25, 0.3) is 0 Å². The van der Waals surface area contributed by atoms with Crippen LogP contribution >= 0.6 is 22.7 Å². The largest absolute Gasteiger partial charge is 0.469 e. The summed E-state index contributed by atoms with van der Waals surface area (Å²) in [5.41, 5.74) is 0. The highest BCUT2D eigenvalue weighted by Gasteiger charge is 2.19. The van der Waals surface area contributed by atoms with Gasteiger partial charge in [-0.3, -0.25) is 0 Å². The van der Waals surface area contributed by atoms with E-state index in [1.165, 1.54) is 9.75 Å². The average Bonchev–Trinajstić information content (AvgIpc) is 3.18. The Hall–Kier alpha value is -1.36. The van der Waals surface area contributed by atoms with Gasteiger partial charge in [-0.1, -0.05) is 12.1 Å². The van der Waals surface area contributed by atoms with Gasteiger partial charge >= 0.3 is 0 Å². The van der Waals surface area contributed by atoms with Crippen molar-refractivity contribution >= 4 is 22.7 Å². The van der Waals surface area contributed by atoms with Crippen LogP contribution in [-0.2, 0) is 6.42 Å². The molecule has 0 saturated heterocycles. The molecular weight excluding hydrogens is 286 g/mol. The van der Waals surface area contributed by atoms with Crippen molar-refractivity contribution in [3.05, 3.63) is 68.9 Å². The lowest BCUT2D eigenvalue weighted by Gasteiger charge is -2.21. The van der Waals surface area contributed by atoms with Gasteiger partial charge in [-0.15, -0.1) is 22.7 Å². The quantitative estimate of drug-likeness (QED) is 0.713. The predicted octanol–water partition coefficient (Wildman–Crippen LogP) is 4.71. The Balaban J connectivity index is 1.73. The fourth-order valence-corrected chi connectivity index (χ4v) is 3.97. The second-order valence-corrected chi connectivity index (χ2v) is 6.77. The van der Waals surface area contributed by atoms with Crippen molar-refractivity contribution in [3.8, 4) is 0 Å². The number of rotatable bonds is 6. The maximum atomic E-state index is 5.43. The van der Waals surface area contributed by atoms with Crippen LogP contribution in [0, 0.1) is 0 Å². The molecule has 3 aromatic rings. The third kappa shape index (κ3) is 3.20. The highest BCUT2D eigenvalue weighted by Crippen LogP contribution is 2.29. The van der Waals surface area contributed by atoms with Crippen molar-refractivity contribution in [2.24, 2.45) is 0 Å². The van der Waals surface area contributed by atoms with Crippen LogP contribution in [0.3, 0.4) is 0 Å². The van der Waals surface area contributed by atoms with Gasteiger partial charge in [0.2, 0.25) is 0 Å². The molecule has 0 bridgehead atoms. The smallest absolute Gasteiger partial charge is 0.105 e. The number of furan rings is 1. The van der Waals surface area contributed by atoms with E-state index in [1.54, 1.807) is 28.9 Å². The van der Waals surface area contributed by atoms with Gasteiger partial charge < -0.3 is 9.73 Å². The van der Waals surface area contributed by atoms with Crippen molar-refractivity contribution in [2.45, 2.75) is 25.4 Å². The molecular formula is C16H17NOS2. The maximum absolute atomic E-state index is 5.43. The number of thiophene rings is 2. The molecule has 104 valence electrons. The second kappa shape index (κ2) is 6.39. The summed E-state index contributed by atoms with van der Waals surface area (Å²) in [6.07, 6.45) is 2.64. The van der Waals surface area contributed by atoms with Gasteiger partial charge in [0.15, 0.2) is 0 Å². The first-order valence-corrected chi connectivity index (χ1v) is 8.44. The first-order valence-electron chi connectivity index (χ1n) is 6.68. The first kappa shape index (κ1) is 13.6. The summed E-state index contributed by atoms with van der Waals surface area (Å²) < 4.78 is 5.43. The second-order valence-electron chi connectivity index (χ2n) is 4.82. The van der Waals surface area contributed by atoms with E-state index in [9.17, 15) is 0 Å². The zero-order valence-electron chi connectivity index (χ0n) is 11.3. The van der Waals surface area contributed by atoms with Gasteiger partial charge in [0, 0.05) is 22.2 Å². The predicted molar refractivity (Wildman–Crippen MR) is 85.5 cm³/mol. The van der Waals surface area contributed by atoms with E-state index in [4.69, 9.17) is 4.42 Å². The first-order chi connectivity index (χ1) is 9.83. The molecule has 3 rings (SSSR count). The fourth-order valence-electron chi connectivity index (χ4n) is 2.29. The molecule has 3 heterocycles. The summed E-state index contributed by atoms with van der Waals surface area (Å²) in [4.78, 5) is 2.72. The van der Waals surface area contributed by atoms with E-state index in [0.717, 1.165) is 12.2 Å². The Kier molecular flexibility index (Phi) is 4.35. The number of nitrogens with one attached hydrogen (secondary N) is 1. The van der Waals surface area contributed by atoms with Gasteiger partial charge in [-0.2, -0.15) is 0 Å². The maximum Gasteiger partial charge on any atom is 0.105 e. The van der Waals surface area contributed by atoms with Gasteiger partial charge in [-0.25, -0.2) is 0 Å². The zero-order valence-corrected chi connectivity index (χ0v) is 12.9. The molecule has 20 heavy (non-hydrogen) atoms. The monoisotopic (exact) mass is 303 g/mol. The van der Waals surface area contributed by atoms with Crippen LogP contribution in [0.4, 0.5) is 0 Å². The van der Waals surface area contributed by atoms with Crippen molar-refractivity contribution < 1.29 is 4.42 Å². The van der Waals surface area contributed by atoms with E-state index < -0.39 is 0 Å². The summed E-state index contributed by atoms with van der Waals surface area (Å²) >= 11 is 3.60. The Labute approximate surface area is 127 Å². The summed E-state index contributed by atoms with van der Waals surface area (Å²) in [5.74, 6) is 1.03. The normalized spacial score (nSPS) is 12.9. The summed E-state index contributed by atoms with van der Waals surface area (Å²) in [6.45, 7) is 2.21. The van der Waals surface area contributed by atoms with E-state index >= 15 is 0 Å². The van der Waals surface area contributed by atoms with Crippen LogP contribution in [0.1, 0.15) is 28.5 Å². The number of hydrogen-bond acceptors (Lipinski definition) is 4. The van der Waals surface area contributed by atoms with Crippen LogP contribution in [0.15, 0.2) is 57.8 Å². The lowest BCUT2D eigenvalue weighted by Crippen LogP contribution is -2.32. The molecule has 0 aliphatic carbocycles. The lowest BCUT2D eigenvalue weighted by atomic mass is 10.1. The van der Waals surface area contributed by atoms with E-state index in [-0.39, 0.29) is 6.04 Å². The molecule has 0 amide bonds. The molecule has 4 heteroatoms. The molecule has 0 fully saturated rings. The minimum Gasteiger partial charge on any atom is -0.469 e. The number of hydrogen-bond donors (Lipinski definition) is 1. The SMILES string of the molecule is CC(Cc1ccco1)NC(c1cccs1)c1cccs1. The van der Waals surface area contributed by atoms with Crippen LogP contribution in [0.2, 0.25) is 0 Å². The highest BCUT2D eigenvalue weighted by molar-refractivity contribution is 7.11. The topological polar surface area (TPSA) is 25.2 Å². The summed E-state index contributed by atoms with van der Waals surface area (Å²) in [5, 5.41) is 7.99. The summed E-state index contributed by atoms with van der Waals surface area (Å²) in [6, 6.07) is 13.2. The molecule has 0 saturated carbocycles. The molecule has 2 nitrogen and oxygen atoms in total. The van der Waals surface area contributed by atoms with Crippen LogP contribution < -0.4 is 5.32 Å². The Morgan fingerprint density at radius 1 is 1.05 bits per heavy atom. The van der Waals surface area contributed by atoms with Crippen molar-refractivity contribution in [2.75, 3.05) is 0 Å². The lowest BCUT2D eigenvalue weighted by molar-refractivity contribution is 0.441. The zero-order chi connectivity index (χ0) is 13.8. The Morgan fingerprint density at radius 3 is 2.25 bits per heavy atom. The third-order valence-corrected chi connectivity index (χ3v) is 5.07. The molecule has 0 radical (unpaired) electrons. The molecule has 1 unspecified atom stereocenters. The average molecular weight is 303 g/mol. The molecule has 1 atom stereocenters. The fraction of sp³-hybridized carbons (Fsp3) is 0.250. The van der Waals surface area contributed by atoms with Gasteiger partial charge in [0.05, 0.1) is 12.3 Å². The van der Waals surface area contributed by atoms with Crippen LogP contribution in [-0.4, -0.2) is 6.04 Å². The minimum atomic E-state index is 0.278. The van der Waals surface area contributed by atoms with Crippen LogP contribution in [0.5, 0.6) is 0 Å². The van der Waals surface area contributed by atoms with Gasteiger partial charge in [-0.05, 0) is 41.9 Å².